The van der Waals surface area contributed by atoms with Gasteiger partial charge in [-0.05, 0) is 50.9 Å². The van der Waals surface area contributed by atoms with Crippen LogP contribution in [0, 0.1) is 12.8 Å². The topological polar surface area (TPSA) is 54.0 Å². The first kappa shape index (κ1) is 18.7. The minimum absolute atomic E-state index is 0. The Morgan fingerprint density at radius 3 is 2.73 bits per heavy atom. The summed E-state index contributed by atoms with van der Waals surface area (Å²) in [5, 5.41) is 6.01. The maximum absolute atomic E-state index is 12.5. The predicted molar refractivity (Wildman–Crippen MR) is 79.2 cm³/mol. The van der Waals surface area contributed by atoms with Gasteiger partial charge < -0.3 is 10.6 Å². The van der Waals surface area contributed by atoms with Crippen molar-refractivity contribution in [1.29, 1.82) is 0 Å². The number of halogens is 4. The van der Waals surface area contributed by atoms with Crippen molar-refractivity contribution < 1.29 is 18.0 Å². The third kappa shape index (κ3) is 4.84. The second kappa shape index (κ2) is 7.78. The molecule has 1 aromatic heterocycles. The fourth-order valence-electron chi connectivity index (χ4n) is 2.39. The Kier molecular flexibility index (Phi) is 6.62. The quantitative estimate of drug-likeness (QED) is 0.891. The molecule has 2 heterocycles. The van der Waals surface area contributed by atoms with E-state index in [0.717, 1.165) is 32.0 Å². The van der Waals surface area contributed by atoms with Crippen LogP contribution in [0.15, 0.2) is 12.1 Å². The van der Waals surface area contributed by atoms with Crippen molar-refractivity contribution in [2.75, 3.05) is 19.6 Å². The average molecular weight is 338 g/mol. The van der Waals surface area contributed by atoms with Gasteiger partial charge in [-0.25, -0.2) is 4.98 Å². The van der Waals surface area contributed by atoms with Crippen molar-refractivity contribution in [2.24, 2.45) is 5.92 Å². The Hall–Kier alpha value is -1.34. The van der Waals surface area contributed by atoms with E-state index in [2.05, 4.69) is 15.6 Å². The van der Waals surface area contributed by atoms with Gasteiger partial charge in [-0.2, -0.15) is 13.2 Å². The molecule has 0 aromatic carbocycles. The Balaban J connectivity index is 0.00000242. The van der Waals surface area contributed by atoms with Gasteiger partial charge in [-0.15, -0.1) is 12.4 Å². The van der Waals surface area contributed by atoms with Crippen LogP contribution in [0.5, 0.6) is 0 Å². The smallest absolute Gasteiger partial charge is 0.352 e. The fraction of sp³-hybridized carbons (Fsp3) is 0.571. The fourth-order valence-corrected chi connectivity index (χ4v) is 2.39. The molecule has 0 saturated carbocycles. The molecule has 8 heteroatoms. The molecule has 0 radical (unpaired) electrons. The maximum atomic E-state index is 12.5. The Bertz CT molecular complexity index is 517. The molecule has 2 rings (SSSR count). The zero-order valence-corrected chi connectivity index (χ0v) is 13.0. The number of rotatable bonds is 3. The first-order valence-electron chi connectivity index (χ1n) is 6.91. The summed E-state index contributed by atoms with van der Waals surface area (Å²) in [6.07, 6.45) is -2.38. The number of aryl methyl sites for hydroxylation is 1. The molecule has 22 heavy (non-hydrogen) atoms. The largest absolute Gasteiger partial charge is 0.433 e. The van der Waals surface area contributed by atoms with Gasteiger partial charge in [-0.3, -0.25) is 4.79 Å². The summed E-state index contributed by atoms with van der Waals surface area (Å²) in [6, 6.07) is 2.02. The summed E-state index contributed by atoms with van der Waals surface area (Å²) in [5.74, 6) is -0.00953. The van der Waals surface area contributed by atoms with Crippen LogP contribution in [0.2, 0.25) is 0 Å². The number of nitrogens with one attached hydrogen (secondary N) is 2. The van der Waals surface area contributed by atoms with Gasteiger partial charge >= 0.3 is 6.18 Å². The van der Waals surface area contributed by atoms with Crippen LogP contribution in [0.3, 0.4) is 0 Å². The maximum Gasteiger partial charge on any atom is 0.433 e. The summed E-state index contributed by atoms with van der Waals surface area (Å²) < 4.78 is 37.6. The van der Waals surface area contributed by atoms with E-state index in [1.807, 2.05) is 0 Å². The summed E-state index contributed by atoms with van der Waals surface area (Å²) >= 11 is 0. The molecule has 1 aliphatic rings. The van der Waals surface area contributed by atoms with Crippen molar-refractivity contribution in [3.05, 3.63) is 29.1 Å². The standard InChI is InChI=1S/C14H18F3N3O.ClH/c1-9-11(4-5-12(20-9)14(15,16)17)13(21)19-8-10-3-2-6-18-7-10;/h4-5,10,18H,2-3,6-8H2,1H3,(H,19,21);1H. The third-order valence-corrected chi connectivity index (χ3v) is 3.57. The first-order valence-corrected chi connectivity index (χ1v) is 6.91. The predicted octanol–water partition coefficient (Wildman–Crippen LogP) is 2.56. The van der Waals surface area contributed by atoms with Crippen LogP contribution in [0.25, 0.3) is 0 Å². The average Bonchev–Trinajstić information content (AvgIpc) is 2.45. The van der Waals surface area contributed by atoms with E-state index >= 15 is 0 Å². The van der Waals surface area contributed by atoms with Gasteiger partial charge in [0.25, 0.3) is 5.91 Å². The van der Waals surface area contributed by atoms with Crippen molar-refractivity contribution in [3.8, 4) is 0 Å². The van der Waals surface area contributed by atoms with E-state index in [-0.39, 0.29) is 29.6 Å². The second-order valence-corrected chi connectivity index (χ2v) is 5.25. The van der Waals surface area contributed by atoms with Crippen LogP contribution in [-0.4, -0.2) is 30.5 Å². The Morgan fingerprint density at radius 2 is 2.18 bits per heavy atom. The minimum atomic E-state index is -4.49. The third-order valence-electron chi connectivity index (χ3n) is 3.57. The Morgan fingerprint density at radius 1 is 1.45 bits per heavy atom. The lowest BCUT2D eigenvalue weighted by molar-refractivity contribution is -0.141. The van der Waals surface area contributed by atoms with Gasteiger partial charge in [0.1, 0.15) is 5.69 Å². The summed E-state index contributed by atoms with van der Waals surface area (Å²) in [4.78, 5) is 15.5. The number of carbonyl (C=O) groups is 1. The molecule has 0 spiro atoms. The normalized spacial score (nSPS) is 18.5. The molecule has 0 aliphatic carbocycles. The highest BCUT2D eigenvalue weighted by molar-refractivity contribution is 5.95. The van der Waals surface area contributed by atoms with Crippen LogP contribution < -0.4 is 10.6 Å². The van der Waals surface area contributed by atoms with Gasteiger partial charge in [-0.1, -0.05) is 0 Å². The molecular formula is C14H19ClF3N3O. The van der Waals surface area contributed by atoms with Gasteiger partial charge in [0.15, 0.2) is 0 Å². The van der Waals surface area contributed by atoms with Crippen LogP contribution >= 0.6 is 12.4 Å². The molecular weight excluding hydrogens is 319 g/mol. The highest BCUT2D eigenvalue weighted by Gasteiger charge is 2.33. The molecule has 1 amide bonds. The lowest BCUT2D eigenvalue weighted by atomic mass is 9.99. The molecule has 1 fully saturated rings. The summed E-state index contributed by atoms with van der Waals surface area (Å²) in [7, 11) is 0. The van der Waals surface area contributed by atoms with E-state index in [0.29, 0.717) is 12.5 Å². The zero-order chi connectivity index (χ0) is 15.5. The number of amides is 1. The Labute approximate surface area is 133 Å². The number of alkyl halides is 3. The van der Waals surface area contributed by atoms with E-state index in [4.69, 9.17) is 0 Å². The lowest BCUT2D eigenvalue weighted by Crippen LogP contribution is -2.38. The van der Waals surface area contributed by atoms with Crippen LogP contribution in [0.1, 0.15) is 34.6 Å². The number of pyridine rings is 1. The summed E-state index contributed by atoms with van der Waals surface area (Å²) in [6.45, 7) is 3.77. The highest BCUT2D eigenvalue weighted by atomic mass is 35.5. The number of piperidine rings is 1. The van der Waals surface area contributed by atoms with E-state index in [1.165, 1.54) is 13.0 Å². The molecule has 1 aliphatic heterocycles. The molecule has 1 atom stereocenters. The van der Waals surface area contributed by atoms with E-state index in [9.17, 15) is 18.0 Å². The van der Waals surface area contributed by atoms with Crippen molar-refractivity contribution >= 4 is 18.3 Å². The monoisotopic (exact) mass is 337 g/mol. The number of nitrogens with zero attached hydrogens (tertiary/aromatic N) is 1. The van der Waals surface area contributed by atoms with E-state index in [1.54, 1.807) is 0 Å². The van der Waals surface area contributed by atoms with Crippen molar-refractivity contribution in [3.63, 3.8) is 0 Å². The molecule has 1 saturated heterocycles. The van der Waals surface area contributed by atoms with Gasteiger partial charge in [0.05, 0.1) is 11.3 Å². The van der Waals surface area contributed by atoms with Gasteiger partial charge in [0.2, 0.25) is 0 Å². The number of aromatic nitrogens is 1. The molecule has 0 bridgehead atoms. The number of carbonyl (C=O) groups excluding carboxylic acids is 1. The molecule has 124 valence electrons. The minimum Gasteiger partial charge on any atom is -0.352 e. The second-order valence-electron chi connectivity index (χ2n) is 5.25. The SMILES string of the molecule is Cc1nc(C(F)(F)F)ccc1C(=O)NCC1CCCNC1.Cl. The molecule has 4 nitrogen and oxygen atoms in total. The zero-order valence-electron chi connectivity index (χ0n) is 12.2. The lowest BCUT2D eigenvalue weighted by Gasteiger charge is -2.23. The van der Waals surface area contributed by atoms with Crippen molar-refractivity contribution in [1.82, 2.24) is 15.6 Å². The summed E-state index contributed by atoms with van der Waals surface area (Å²) in [5.41, 5.74) is -0.705. The number of hydrogen-bond donors (Lipinski definition) is 2. The molecule has 1 unspecified atom stereocenters. The molecule has 2 N–H and O–H groups in total. The van der Waals surface area contributed by atoms with Crippen molar-refractivity contribution in [2.45, 2.75) is 25.9 Å². The first-order chi connectivity index (χ1) is 9.88. The number of hydrogen-bond acceptors (Lipinski definition) is 3. The van der Waals surface area contributed by atoms with Crippen LogP contribution in [-0.2, 0) is 6.18 Å². The van der Waals surface area contributed by atoms with E-state index < -0.39 is 11.9 Å². The van der Waals surface area contributed by atoms with Gasteiger partial charge in [0, 0.05) is 6.54 Å². The molecule has 1 aromatic rings. The highest BCUT2D eigenvalue weighted by Crippen LogP contribution is 2.28. The van der Waals surface area contributed by atoms with Crippen LogP contribution in [0.4, 0.5) is 13.2 Å².